The molecule has 2 aromatic carbocycles. The molecule has 0 spiro atoms. The normalized spacial score (nSPS) is 10.3. The van der Waals surface area contributed by atoms with Crippen LogP contribution < -0.4 is 10.6 Å². The minimum absolute atomic E-state index is 0.277. The van der Waals surface area contributed by atoms with Gasteiger partial charge in [-0.25, -0.2) is 0 Å². The Bertz CT molecular complexity index is 520. The number of phenolic OH excluding ortho intramolecular Hbond substituents is 1. The van der Waals surface area contributed by atoms with Crippen molar-refractivity contribution in [1.29, 1.82) is 0 Å². The summed E-state index contributed by atoms with van der Waals surface area (Å²) in [6.45, 7) is 0.758. The fourth-order valence-electron chi connectivity index (χ4n) is 1.84. The second-order valence-corrected chi connectivity index (χ2v) is 5.18. The van der Waals surface area contributed by atoms with Crippen LogP contribution in [0, 0.1) is 0 Å². The lowest BCUT2D eigenvalue weighted by Crippen LogP contribution is -2.16. The van der Waals surface area contributed by atoms with Crippen LogP contribution in [0.3, 0.4) is 0 Å². The van der Waals surface area contributed by atoms with Gasteiger partial charge in [0.1, 0.15) is 5.75 Å². The summed E-state index contributed by atoms with van der Waals surface area (Å²) in [6.07, 6.45) is 0. The average molecular weight is 307 g/mol. The zero-order valence-corrected chi connectivity index (χ0v) is 11.7. The molecule has 0 bridgehead atoms. The van der Waals surface area contributed by atoms with Crippen molar-refractivity contribution in [2.75, 3.05) is 17.7 Å². The summed E-state index contributed by atoms with van der Waals surface area (Å²) in [4.78, 5) is 2.10. The first-order valence-corrected chi connectivity index (χ1v) is 6.39. The zero-order chi connectivity index (χ0) is 13.1. The number of aromatic hydroxyl groups is 1. The van der Waals surface area contributed by atoms with Crippen LogP contribution in [0.25, 0.3) is 0 Å². The lowest BCUT2D eigenvalue weighted by molar-refractivity contribution is 0.475. The number of phenols is 1. The molecule has 0 fully saturated rings. The van der Waals surface area contributed by atoms with E-state index in [0.29, 0.717) is 0 Å². The summed E-state index contributed by atoms with van der Waals surface area (Å²) in [5.41, 5.74) is 8.74. The summed E-state index contributed by atoms with van der Waals surface area (Å²) >= 11 is 3.44. The topological polar surface area (TPSA) is 49.5 Å². The van der Waals surface area contributed by atoms with Gasteiger partial charge in [0.2, 0.25) is 0 Å². The van der Waals surface area contributed by atoms with Crippen LogP contribution in [-0.2, 0) is 6.54 Å². The summed E-state index contributed by atoms with van der Waals surface area (Å²) in [5.74, 6) is 0.277. The standard InChI is InChI=1S/C14H15BrN2O/c1-17(13-2-4-14(18)5-3-13)9-10-6-11(15)8-12(16)7-10/h2-8,18H,9,16H2,1H3. The summed E-state index contributed by atoms with van der Waals surface area (Å²) in [7, 11) is 2.00. The van der Waals surface area contributed by atoms with Crippen molar-refractivity contribution in [3.63, 3.8) is 0 Å². The fourth-order valence-corrected chi connectivity index (χ4v) is 2.40. The summed E-state index contributed by atoms with van der Waals surface area (Å²) < 4.78 is 0.983. The van der Waals surface area contributed by atoms with E-state index in [4.69, 9.17) is 5.73 Å². The number of anilines is 2. The van der Waals surface area contributed by atoms with Crippen LogP contribution in [0.1, 0.15) is 5.56 Å². The van der Waals surface area contributed by atoms with Crippen LogP contribution in [0.15, 0.2) is 46.9 Å². The molecule has 0 saturated carbocycles. The van der Waals surface area contributed by atoms with E-state index < -0.39 is 0 Å². The third kappa shape index (κ3) is 3.17. The third-order valence-electron chi connectivity index (χ3n) is 2.69. The molecule has 0 saturated heterocycles. The van der Waals surface area contributed by atoms with E-state index in [-0.39, 0.29) is 5.75 Å². The number of hydrogen-bond donors (Lipinski definition) is 2. The molecule has 0 aliphatic rings. The van der Waals surface area contributed by atoms with E-state index in [9.17, 15) is 5.11 Å². The molecule has 0 aromatic heterocycles. The SMILES string of the molecule is CN(Cc1cc(N)cc(Br)c1)c1ccc(O)cc1. The smallest absolute Gasteiger partial charge is 0.115 e. The Morgan fingerprint density at radius 1 is 1.17 bits per heavy atom. The number of nitrogens with zero attached hydrogens (tertiary/aromatic N) is 1. The van der Waals surface area contributed by atoms with Gasteiger partial charge < -0.3 is 15.7 Å². The highest BCUT2D eigenvalue weighted by Crippen LogP contribution is 2.22. The number of benzene rings is 2. The van der Waals surface area contributed by atoms with Crippen molar-refractivity contribution >= 4 is 27.3 Å². The number of halogens is 1. The zero-order valence-electron chi connectivity index (χ0n) is 10.1. The van der Waals surface area contributed by atoms with Gasteiger partial charge in [-0.2, -0.15) is 0 Å². The molecule has 2 aromatic rings. The van der Waals surface area contributed by atoms with Gasteiger partial charge in [0.05, 0.1) is 0 Å². The molecule has 0 amide bonds. The number of rotatable bonds is 3. The highest BCUT2D eigenvalue weighted by molar-refractivity contribution is 9.10. The highest BCUT2D eigenvalue weighted by Gasteiger charge is 2.04. The second-order valence-electron chi connectivity index (χ2n) is 4.27. The Morgan fingerprint density at radius 2 is 1.83 bits per heavy atom. The lowest BCUT2D eigenvalue weighted by atomic mass is 10.2. The van der Waals surface area contributed by atoms with Crippen molar-refractivity contribution in [2.24, 2.45) is 0 Å². The Kier molecular flexibility index (Phi) is 3.77. The molecule has 0 unspecified atom stereocenters. The van der Waals surface area contributed by atoms with Crippen molar-refractivity contribution in [1.82, 2.24) is 0 Å². The van der Waals surface area contributed by atoms with Gasteiger partial charge >= 0.3 is 0 Å². The quantitative estimate of drug-likeness (QED) is 0.855. The van der Waals surface area contributed by atoms with Gasteiger partial charge in [-0.05, 0) is 48.0 Å². The molecule has 94 valence electrons. The Labute approximate surface area is 115 Å². The van der Waals surface area contributed by atoms with Crippen molar-refractivity contribution in [3.05, 3.63) is 52.5 Å². The first kappa shape index (κ1) is 12.8. The number of hydrogen-bond acceptors (Lipinski definition) is 3. The van der Waals surface area contributed by atoms with Crippen LogP contribution in [0.4, 0.5) is 11.4 Å². The van der Waals surface area contributed by atoms with Crippen LogP contribution >= 0.6 is 15.9 Å². The molecule has 0 aliphatic heterocycles. The highest BCUT2D eigenvalue weighted by atomic mass is 79.9. The molecule has 18 heavy (non-hydrogen) atoms. The van der Waals surface area contributed by atoms with E-state index in [2.05, 4.69) is 20.8 Å². The lowest BCUT2D eigenvalue weighted by Gasteiger charge is -2.19. The molecule has 0 atom stereocenters. The number of nitrogens with two attached hydrogens (primary N) is 1. The molecule has 3 nitrogen and oxygen atoms in total. The van der Waals surface area contributed by atoms with Gasteiger partial charge in [-0.3, -0.25) is 0 Å². The van der Waals surface area contributed by atoms with E-state index >= 15 is 0 Å². The largest absolute Gasteiger partial charge is 0.508 e. The van der Waals surface area contributed by atoms with Gasteiger partial charge in [0.15, 0.2) is 0 Å². The fraction of sp³-hybridized carbons (Fsp3) is 0.143. The second kappa shape index (κ2) is 5.31. The number of nitrogen functional groups attached to an aromatic ring is 1. The van der Waals surface area contributed by atoms with E-state index in [1.165, 1.54) is 0 Å². The van der Waals surface area contributed by atoms with E-state index in [1.54, 1.807) is 12.1 Å². The van der Waals surface area contributed by atoms with Crippen molar-refractivity contribution in [3.8, 4) is 5.75 Å². The van der Waals surface area contributed by atoms with Crippen molar-refractivity contribution in [2.45, 2.75) is 6.54 Å². The maximum absolute atomic E-state index is 9.26. The van der Waals surface area contributed by atoms with E-state index in [1.807, 2.05) is 37.4 Å². The van der Waals surface area contributed by atoms with Crippen LogP contribution in [-0.4, -0.2) is 12.2 Å². The Balaban J connectivity index is 2.15. The molecule has 4 heteroatoms. The summed E-state index contributed by atoms with van der Waals surface area (Å²) in [5, 5.41) is 9.26. The molecule has 0 aliphatic carbocycles. The predicted molar refractivity (Wildman–Crippen MR) is 78.8 cm³/mol. The molecular formula is C14H15BrN2O. The van der Waals surface area contributed by atoms with Gasteiger partial charge in [0.25, 0.3) is 0 Å². The van der Waals surface area contributed by atoms with Gasteiger partial charge in [0, 0.05) is 29.4 Å². The maximum atomic E-state index is 9.26. The first-order chi connectivity index (χ1) is 8.54. The Morgan fingerprint density at radius 3 is 2.44 bits per heavy atom. The summed E-state index contributed by atoms with van der Waals surface area (Å²) in [6, 6.07) is 13.0. The molecule has 3 N–H and O–H groups in total. The molecule has 2 rings (SSSR count). The predicted octanol–water partition coefficient (Wildman–Crippen LogP) is 3.37. The molecule has 0 radical (unpaired) electrons. The van der Waals surface area contributed by atoms with Crippen molar-refractivity contribution < 1.29 is 5.11 Å². The van der Waals surface area contributed by atoms with Gasteiger partial charge in [-0.15, -0.1) is 0 Å². The maximum Gasteiger partial charge on any atom is 0.115 e. The molecule has 0 heterocycles. The van der Waals surface area contributed by atoms with Gasteiger partial charge in [-0.1, -0.05) is 15.9 Å². The average Bonchev–Trinajstić information content (AvgIpc) is 2.28. The third-order valence-corrected chi connectivity index (χ3v) is 3.15. The minimum Gasteiger partial charge on any atom is -0.508 e. The minimum atomic E-state index is 0.277. The van der Waals surface area contributed by atoms with E-state index in [0.717, 1.165) is 28.0 Å². The van der Waals surface area contributed by atoms with Crippen LogP contribution in [0.5, 0.6) is 5.75 Å². The Hall–Kier alpha value is -1.68. The van der Waals surface area contributed by atoms with Crippen LogP contribution in [0.2, 0.25) is 0 Å². The monoisotopic (exact) mass is 306 g/mol. The first-order valence-electron chi connectivity index (χ1n) is 5.60. The molecular weight excluding hydrogens is 292 g/mol.